The number of hydrogen-bond donors (Lipinski definition) is 1. The van der Waals surface area contributed by atoms with Gasteiger partial charge in [-0.2, -0.15) is 0 Å². The van der Waals surface area contributed by atoms with E-state index in [1.165, 1.54) is 0 Å². The second-order valence-corrected chi connectivity index (χ2v) is 3.81. The highest BCUT2D eigenvalue weighted by molar-refractivity contribution is 5.81. The van der Waals surface area contributed by atoms with E-state index in [1.54, 1.807) is 18.2 Å². The normalized spacial score (nSPS) is 12.3. The van der Waals surface area contributed by atoms with Crippen molar-refractivity contribution >= 4 is 5.97 Å². The molecule has 0 aliphatic rings. The molecule has 0 saturated carbocycles. The summed E-state index contributed by atoms with van der Waals surface area (Å²) in [6.07, 6.45) is 7.67. The molecule has 0 fully saturated rings. The largest absolute Gasteiger partial charge is 0.454 e. The van der Waals surface area contributed by atoms with Crippen molar-refractivity contribution < 1.29 is 9.53 Å². The maximum atomic E-state index is 11.4. The minimum atomic E-state index is -0.817. The van der Waals surface area contributed by atoms with Gasteiger partial charge in [-0.3, -0.25) is 0 Å². The van der Waals surface area contributed by atoms with Gasteiger partial charge in [-0.25, -0.2) is 4.79 Å². The zero-order valence-electron chi connectivity index (χ0n) is 10.2. The Morgan fingerprint density at radius 2 is 1.71 bits per heavy atom. The summed E-state index contributed by atoms with van der Waals surface area (Å²) in [6, 6.07) is -0.347. The number of rotatable bonds is 9. The van der Waals surface area contributed by atoms with Crippen molar-refractivity contribution in [2.75, 3.05) is 0 Å². The van der Waals surface area contributed by atoms with Gasteiger partial charge in [-0.1, -0.05) is 24.8 Å². The maximum absolute atomic E-state index is 11.4. The fourth-order valence-corrected chi connectivity index (χ4v) is 1.67. The van der Waals surface area contributed by atoms with Gasteiger partial charge < -0.3 is 10.5 Å². The lowest BCUT2D eigenvalue weighted by molar-refractivity contribution is -0.155. The van der Waals surface area contributed by atoms with E-state index >= 15 is 0 Å². The van der Waals surface area contributed by atoms with Crippen LogP contribution in [0.25, 0.3) is 0 Å². The van der Waals surface area contributed by atoms with Crippen LogP contribution in [0, 0.1) is 0 Å². The molecule has 0 aromatic rings. The number of esters is 1. The molecule has 3 nitrogen and oxygen atoms in total. The molecule has 1 atom stereocenters. The lowest BCUT2D eigenvalue weighted by Crippen LogP contribution is -2.50. The van der Waals surface area contributed by atoms with E-state index in [-0.39, 0.29) is 6.04 Å². The van der Waals surface area contributed by atoms with Crippen molar-refractivity contribution in [1.29, 1.82) is 0 Å². The van der Waals surface area contributed by atoms with Gasteiger partial charge in [0.2, 0.25) is 0 Å². The van der Waals surface area contributed by atoms with Crippen molar-refractivity contribution in [3.8, 4) is 0 Å². The van der Waals surface area contributed by atoms with Crippen LogP contribution in [-0.2, 0) is 9.53 Å². The van der Waals surface area contributed by atoms with E-state index in [0.29, 0.717) is 19.3 Å². The third-order valence-corrected chi connectivity index (χ3v) is 2.55. The first kappa shape index (κ1) is 15.4. The van der Waals surface area contributed by atoms with Crippen LogP contribution in [0.5, 0.6) is 0 Å². The second-order valence-electron chi connectivity index (χ2n) is 3.81. The fourth-order valence-electron chi connectivity index (χ4n) is 1.67. The molecule has 17 heavy (non-hydrogen) atoms. The SMILES string of the molecule is C=CCC(N)C(CC=C)(CC=C)OC(=O)C=C. The molecule has 0 aromatic carbocycles. The van der Waals surface area contributed by atoms with Crippen LogP contribution in [0.15, 0.2) is 50.6 Å². The summed E-state index contributed by atoms with van der Waals surface area (Å²) in [5, 5.41) is 0. The van der Waals surface area contributed by atoms with Crippen LogP contribution >= 0.6 is 0 Å². The van der Waals surface area contributed by atoms with Crippen molar-refractivity contribution in [2.45, 2.75) is 30.9 Å². The van der Waals surface area contributed by atoms with Crippen LogP contribution < -0.4 is 5.73 Å². The summed E-state index contributed by atoms with van der Waals surface area (Å²) >= 11 is 0. The highest BCUT2D eigenvalue weighted by Crippen LogP contribution is 2.27. The van der Waals surface area contributed by atoms with E-state index in [0.717, 1.165) is 6.08 Å². The Labute approximate surface area is 103 Å². The summed E-state index contributed by atoms with van der Waals surface area (Å²) < 4.78 is 5.41. The molecule has 0 aromatic heterocycles. The minimum Gasteiger partial charge on any atom is -0.454 e. The Hall–Kier alpha value is -1.61. The summed E-state index contributed by atoms with van der Waals surface area (Å²) in [5.41, 5.74) is 5.24. The first-order valence-electron chi connectivity index (χ1n) is 5.50. The summed E-state index contributed by atoms with van der Waals surface area (Å²) in [5.74, 6) is -0.492. The Morgan fingerprint density at radius 3 is 2.06 bits per heavy atom. The van der Waals surface area contributed by atoms with E-state index in [2.05, 4.69) is 26.3 Å². The molecular weight excluding hydrogens is 214 g/mol. The Bertz CT molecular complexity index is 297. The zero-order valence-corrected chi connectivity index (χ0v) is 10.2. The average Bonchev–Trinajstić information content (AvgIpc) is 2.29. The van der Waals surface area contributed by atoms with Gasteiger partial charge in [-0.05, 0) is 6.42 Å². The van der Waals surface area contributed by atoms with Crippen molar-refractivity contribution in [1.82, 2.24) is 0 Å². The lowest BCUT2D eigenvalue weighted by atomic mass is 9.85. The van der Waals surface area contributed by atoms with Crippen LogP contribution in [0.2, 0.25) is 0 Å². The highest BCUT2D eigenvalue weighted by atomic mass is 16.6. The van der Waals surface area contributed by atoms with Crippen LogP contribution in [0.4, 0.5) is 0 Å². The maximum Gasteiger partial charge on any atom is 0.330 e. The summed E-state index contributed by atoms with van der Waals surface area (Å²) in [6.45, 7) is 14.4. The molecule has 0 aliphatic heterocycles. The Morgan fingerprint density at radius 1 is 1.18 bits per heavy atom. The molecular formula is C14H21NO2. The van der Waals surface area contributed by atoms with Gasteiger partial charge in [-0.15, -0.1) is 19.7 Å². The molecule has 0 radical (unpaired) electrons. The third kappa shape index (κ3) is 4.41. The second kappa shape index (κ2) is 7.63. The monoisotopic (exact) mass is 235 g/mol. The zero-order chi connectivity index (χ0) is 13.3. The van der Waals surface area contributed by atoms with E-state index < -0.39 is 11.6 Å². The first-order valence-corrected chi connectivity index (χ1v) is 5.50. The molecule has 0 heterocycles. The van der Waals surface area contributed by atoms with Gasteiger partial charge >= 0.3 is 5.97 Å². The smallest absolute Gasteiger partial charge is 0.330 e. The molecule has 3 heteroatoms. The molecule has 0 rings (SSSR count). The minimum absolute atomic E-state index is 0.347. The molecule has 0 spiro atoms. The number of ether oxygens (including phenoxy) is 1. The number of carbonyl (C=O) groups excluding carboxylic acids is 1. The van der Waals surface area contributed by atoms with Crippen molar-refractivity contribution in [2.24, 2.45) is 5.73 Å². The van der Waals surface area contributed by atoms with E-state index in [4.69, 9.17) is 10.5 Å². The van der Waals surface area contributed by atoms with Crippen molar-refractivity contribution in [3.63, 3.8) is 0 Å². The fraction of sp³-hybridized carbons (Fsp3) is 0.357. The number of carbonyl (C=O) groups is 1. The molecule has 0 bridgehead atoms. The highest BCUT2D eigenvalue weighted by Gasteiger charge is 2.37. The molecule has 2 N–H and O–H groups in total. The number of nitrogens with two attached hydrogens (primary N) is 1. The van der Waals surface area contributed by atoms with Gasteiger partial charge in [0, 0.05) is 25.0 Å². The summed E-state index contributed by atoms with van der Waals surface area (Å²) in [7, 11) is 0. The predicted octanol–water partition coefficient (Wildman–Crippen LogP) is 2.51. The molecule has 0 amide bonds. The first-order chi connectivity index (χ1) is 8.06. The topological polar surface area (TPSA) is 52.3 Å². The van der Waals surface area contributed by atoms with Crippen molar-refractivity contribution in [3.05, 3.63) is 50.6 Å². The van der Waals surface area contributed by atoms with E-state index in [1.807, 2.05) is 0 Å². The standard InChI is InChI=1S/C14H21NO2/c1-5-9-12(15)14(10-6-2,11-7-3)17-13(16)8-4/h5-8,12H,1-4,9-11,15H2. The van der Waals surface area contributed by atoms with Crippen LogP contribution in [0.3, 0.4) is 0 Å². The summed E-state index contributed by atoms with van der Waals surface area (Å²) in [4.78, 5) is 11.4. The number of hydrogen-bond acceptors (Lipinski definition) is 3. The average molecular weight is 235 g/mol. The van der Waals surface area contributed by atoms with Gasteiger partial charge in [0.15, 0.2) is 0 Å². The predicted molar refractivity (Wildman–Crippen MR) is 71.4 cm³/mol. The van der Waals surface area contributed by atoms with Gasteiger partial charge in [0.05, 0.1) is 0 Å². The van der Waals surface area contributed by atoms with Gasteiger partial charge in [0.25, 0.3) is 0 Å². The Balaban J connectivity index is 5.13. The van der Waals surface area contributed by atoms with Crippen LogP contribution in [-0.4, -0.2) is 17.6 Å². The van der Waals surface area contributed by atoms with E-state index in [9.17, 15) is 4.79 Å². The van der Waals surface area contributed by atoms with Gasteiger partial charge in [0.1, 0.15) is 5.60 Å². The lowest BCUT2D eigenvalue weighted by Gasteiger charge is -2.36. The molecule has 94 valence electrons. The quantitative estimate of drug-likeness (QED) is 0.379. The Kier molecular flexibility index (Phi) is 6.91. The van der Waals surface area contributed by atoms with Crippen LogP contribution in [0.1, 0.15) is 19.3 Å². The third-order valence-electron chi connectivity index (χ3n) is 2.55. The molecule has 0 saturated heterocycles. The molecule has 1 unspecified atom stereocenters. The molecule has 0 aliphatic carbocycles.